The Kier molecular flexibility index (Phi) is 4.63. The Hall–Kier alpha value is -0.870. The summed E-state index contributed by atoms with van der Waals surface area (Å²) in [5, 5.41) is 2.41. The fraction of sp³-hybridized carbons (Fsp3) is 0.462. The molecule has 0 radical (unpaired) electrons. The Morgan fingerprint density at radius 3 is 2.68 bits per heavy atom. The molecule has 0 heterocycles. The number of nitrogens with one attached hydrogen (secondary N) is 1. The van der Waals surface area contributed by atoms with Crippen molar-refractivity contribution in [1.82, 2.24) is 5.32 Å². The van der Waals surface area contributed by atoms with Gasteiger partial charge in [0.1, 0.15) is 11.6 Å². The van der Waals surface area contributed by atoms with Crippen LogP contribution in [0.3, 0.4) is 0 Å². The molecule has 1 aromatic rings. The van der Waals surface area contributed by atoms with Crippen molar-refractivity contribution in [3.63, 3.8) is 0 Å². The van der Waals surface area contributed by atoms with Crippen LogP contribution in [0.25, 0.3) is 0 Å². The average Bonchev–Trinajstić information content (AvgIpc) is 2.77. The topological polar surface area (TPSA) is 29.1 Å². The van der Waals surface area contributed by atoms with E-state index in [0.717, 1.165) is 31.4 Å². The highest BCUT2D eigenvalue weighted by Gasteiger charge is 2.24. The van der Waals surface area contributed by atoms with Crippen molar-refractivity contribution >= 4 is 29.1 Å². The third kappa shape index (κ3) is 3.57. The van der Waals surface area contributed by atoms with Crippen LogP contribution >= 0.6 is 23.2 Å². The minimum atomic E-state index is -0.828. The maximum atomic E-state index is 13.5. The predicted octanol–water partition coefficient (Wildman–Crippen LogP) is 3.76. The number of carbonyl (C=O) groups excluding carboxylic acids is 1. The zero-order valence-corrected chi connectivity index (χ0v) is 11.6. The standard InChI is InChI=1S/C13H13Cl2F2NO/c14-8-2-1-7(3-8)6-18-13(19)9-4-12(17)10(15)5-11(9)16/h4-5,7-8H,1-3,6H2,(H,18,19). The lowest BCUT2D eigenvalue weighted by Crippen LogP contribution is -2.29. The Balaban J connectivity index is 1.98. The molecule has 0 spiro atoms. The Bertz CT molecular complexity index is 496. The number of hydrogen-bond donors (Lipinski definition) is 1. The van der Waals surface area contributed by atoms with E-state index >= 15 is 0 Å². The minimum Gasteiger partial charge on any atom is -0.352 e. The SMILES string of the molecule is O=C(NCC1CCC(Cl)C1)c1cc(F)c(Cl)cc1F. The number of rotatable bonds is 3. The number of amides is 1. The monoisotopic (exact) mass is 307 g/mol. The van der Waals surface area contributed by atoms with Gasteiger partial charge in [-0.25, -0.2) is 8.78 Å². The van der Waals surface area contributed by atoms with Gasteiger partial charge in [0.15, 0.2) is 0 Å². The first-order chi connectivity index (χ1) is 8.97. The summed E-state index contributed by atoms with van der Waals surface area (Å²) in [5.41, 5.74) is -0.331. The largest absolute Gasteiger partial charge is 0.352 e. The molecule has 0 aromatic heterocycles. The highest BCUT2D eigenvalue weighted by Crippen LogP contribution is 2.28. The number of benzene rings is 1. The van der Waals surface area contributed by atoms with E-state index in [-0.39, 0.29) is 16.0 Å². The van der Waals surface area contributed by atoms with Crippen molar-refractivity contribution in [2.24, 2.45) is 5.92 Å². The normalized spacial score (nSPS) is 22.5. The number of halogens is 4. The lowest BCUT2D eigenvalue weighted by Gasteiger charge is -2.11. The summed E-state index contributed by atoms with van der Waals surface area (Å²) < 4.78 is 26.7. The summed E-state index contributed by atoms with van der Waals surface area (Å²) in [4.78, 5) is 11.8. The maximum Gasteiger partial charge on any atom is 0.254 e. The number of carbonyl (C=O) groups is 1. The lowest BCUT2D eigenvalue weighted by molar-refractivity contribution is 0.0943. The second kappa shape index (κ2) is 6.06. The average molecular weight is 308 g/mol. The van der Waals surface area contributed by atoms with E-state index in [1.165, 1.54) is 0 Å². The molecular formula is C13H13Cl2F2NO. The second-order valence-electron chi connectivity index (χ2n) is 4.73. The summed E-state index contributed by atoms with van der Waals surface area (Å²) in [6.45, 7) is 0.422. The van der Waals surface area contributed by atoms with E-state index in [2.05, 4.69) is 5.32 Å². The van der Waals surface area contributed by atoms with Crippen molar-refractivity contribution in [3.05, 3.63) is 34.4 Å². The summed E-state index contributed by atoms with van der Waals surface area (Å²) in [7, 11) is 0. The molecule has 0 aliphatic heterocycles. The van der Waals surface area contributed by atoms with E-state index in [1.807, 2.05) is 0 Å². The summed E-state index contributed by atoms with van der Waals surface area (Å²) in [5.74, 6) is -1.97. The van der Waals surface area contributed by atoms with Crippen LogP contribution in [0.15, 0.2) is 12.1 Å². The number of alkyl halides is 1. The zero-order chi connectivity index (χ0) is 14.0. The molecule has 1 saturated carbocycles. The quantitative estimate of drug-likeness (QED) is 0.668. The van der Waals surface area contributed by atoms with E-state index < -0.39 is 17.5 Å². The lowest BCUT2D eigenvalue weighted by atomic mass is 10.1. The van der Waals surface area contributed by atoms with Gasteiger partial charge in [-0.05, 0) is 37.3 Å². The Labute approximate surface area is 120 Å². The van der Waals surface area contributed by atoms with Gasteiger partial charge in [0.25, 0.3) is 5.91 Å². The van der Waals surface area contributed by atoms with Gasteiger partial charge >= 0.3 is 0 Å². The molecule has 2 nitrogen and oxygen atoms in total. The van der Waals surface area contributed by atoms with Crippen LogP contribution in [-0.4, -0.2) is 17.8 Å². The van der Waals surface area contributed by atoms with Crippen molar-refractivity contribution in [2.45, 2.75) is 24.6 Å². The predicted molar refractivity (Wildman–Crippen MR) is 70.7 cm³/mol. The highest BCUT2D eigenvalue weighted by molar-refractivity contribution is 6.30. The van der Waals surface area contributed by atoms with Gasteiger partial charge in [-0.1, -0.05) is 11.6 Å². The van der Waals surface area contributed by atoms with Crippen molar-refractivity contribution < 1.29 is 13.6 Å². The molecule has 0 bridgehead atoms. The van der Waals surface area contributed by atoms with Gasteiger partial charge in [0, 0.05) is 11.9 Å². The van der Waals surface area contributed by atoms with Crippen LogP contribution in [0.4, 0.5) is 8.78 Å². The first kappa shape index (κ1) is 14.5. The minimum absolute atomic E-state index is 0.145. The fourth-order valence-electron chi connectivity index (χ4n) is 2.23. The molecule has 2 unspecified atom stereocenters. The van der Waals surface area contributed by atoms with Gasteiger partial charge in [0.2, 0.25) is 0 Å². The van der Waals surface area contributed by atoms with Crippen LogP contribution in [0.2, 0.25) is 5.02 Å². The first-order valence-electron chi connectivity index (χ1n) is 6.04. The fourth-order valence-corrected chi connectivity index (χ4v) is 2.76. The zero-order valence-electron chi connectivity index (χ0n) is 10.1. The van der Waals surface area contributed by atoms with Gasteiger partial charge < -0.3 is 5.32 Å². The van der Waals surface area contributed by atoms with Gasteiger partial charge in [0.05, 0.1) is 10.6 Å². The van der Waals surface area contributed by atoms with E-state index in [4.69, 9.17) is 23.2 Å². The molecule has 1 fully saturated rings. The van der Waals surface area contributed by atoms with Crippen molar-refractivity contribution in [3.8, 4) is 0 Å². The third-order valence-corrected chi connectivity index (χ3v) is 3.97. The highest BCUT2D eigenvalue weighted by atomic mass is 35.5. The van der Waals surface area contributed by atoms with Gasteiger partial charge in [-0.3, -0.25) is 4.79 Å². The van der Waals surface area contributed by atoms with Gasteiger partial charge in [-0.15, -0.1) is 11.6 Å². The molecule has 1 N–H and O–H groups in total. The third-order valence-electron chi connectivity index (χ3n) is 3.28. The summed E-state index contributed by atoms with van der Waals surface area (Å²) in [6.07, 6.45) is 2.69. The van der Waals surface area contributed by atoms with Crippen LogP contribution in [0, 0.1) is 17.6 Å². The van der Waals surface area contributed by atoms with Gasteiger partial charge in [-0.2, -0.15) is 0 Å². The summed E-state index contributed by atoms with van der Waals surface area (Å²) >= 11 is 11.4. The molecule has 1 amide bonds. The summed E-state index contributed by atoms with van der Waals surface area (Å²) in [6, 6.07) is 1.61. The maximum absolute atomic E-state index is 13.5. The smallest absolute Gasteiger partial charge is 0.254 e. The van der Waals surface area contributed by atoms with Crippen molar-refractivity contribution in [2.75, 3.05) is 6.54 Å². The van der Waals surface area contributed by atoms with Crippen LogP contribution in [-0.2, 0) is 0 Å². The molecular weight excluding hydrogens is 295 g/mol. The molecule has 2 rings (SSSR count). The molecule has 19 heavy (non-hydrogen) atoms. The molecule has 1 aliphatic rings. The first-order valence-corrected chi connectivity index (χ1v) is 6.85. The second-order valence-corrected chi connectivity index (χ2v) is 5.76. The number of hydrogen-bond acceptors (Lipinski definition) is 1. The molecule has 1 aromatic carbocycles. The molecule has 0 saturated heterocycles. The van der Waals surface area contributed by atoms with E-state index in [1.54, 1.807) is 0 Å². The Morgan fingerprint density at radius 1 is 1.32 bits per heavy atom. The van der Waals surface area contributed by atoms with Crippen LogP contribution in [0.1, 0.15) is 29.6 Å². The molecule has 1 aliphatic carbocycles. The van der Waals surface area contributed by atoms with E-state index in [9.17, 15) is 13.6 Å². The molecule has 2 atom stereocenters. The molecule has 104 valence electrons. The van der Waals surface area contributed by atoms with Crippen LogP contribution in [0.5, 0.6) is 0 Å². The van der Waals surface area contributed by atoms with E-state index in [0.29, 0.717) is 12.5 Å². The van der Waals surface area contributed by atoms with Crippen molar-refractivity contribution in [1.29, 1.82) is 0 Å². The van der Waals surface area contributed by atoms with Crippen LogP contribution < -0.4 is 5.32 Å². The Morgan fingerprint density at radius 2 is 2.05 bits per heavy atom. The molecule has 6 heteroatoms.